The van der Waals surface area contributed by atoms with Gasteiger partial charge in [-0.2, -0.15) is 0 Å². The summed E-state index contributed by atoms with van der Waals surface area (Å²) in [4.78, 5) is 12.1. The molecule has 104 valence electrons. The summed E-state index contributed by atoms with van der Waals surface area (Å²) in [5.74, 6) is 0.320. The molecular formula is C14H13NO4S. The molecular weight excluding hydrogens is 278 g/mol. The van der Waals surface area contributed by atoms with Crippen molar-refractivity contribution in [3.63, 3.8) is 0 Å². The third-order valence-electron chi connectivity index (χ3n) is 3.20. The molecule has 0 aliphatic carbocycles. The van der Waals surface area contributed by atoms with Crippen LogP contribution in [0.4, 0.5) is 5.69 Å². The number of rotatable bonds is 2. The van der Waals surface area contributed by atoms with E-state index in [1.807, 2.05) is 25.1 Å². The van der Waals surface area contributed by atoms with Crippen molar-refractivity contribution >= 4 is 23.0 Å². The van der Waals surface area contributed by atoms with Crippen molar-refractivity contribution in [1.29, 1.82) is 0 Å². The lowest BCUT2D eigenvalue weighted by molar-refractivity contribution is 0.0703. The van der Waals surface area contributed by atoms with Crippen LogP contribution < -0.4 is 15.2 Å². The number of anilines is 1. The average molecular weight is 291 g/mol. The Bertz CT molecular complexity index is 693. The Morgan fingerprint density at radius 2 is 2.10 bits per heavy atom. The van der Waals surface area contributed by atoms with Crippen molar-refractivity contribution in [3.05, 3.63) is 28.6 Å². The van der Waals surface area contributed by atoms with E-state index >= 15 is 0 Å². The van der Waals surface area contributed by atoms with Crippen LogP contribution in [0, 0.1) is 6.92 Å². The second kappa shape index (κ2) is 4.72. The van der Waals surface area contributed by atoms with Crippen molar-refractivity contribution in [1.82, 2.24) is 0 Å². The fraction of sp³-hybridized carbons (Fsp3) is 0.214. The number of thiophene rings is 1. The summed E-state index contributed by atoms with van der Waals surface area (Å²) in [6.07, 6.45) is 0. The Hall–Kier alpha value is -2.21. The van der Waals surface area contributed by atoms with E-state index in [0.717, 1.165) is 27.3 Å². The number of hydrogen-bond acceptors (Lipinski definition) is 5. The lowest BCUT2D eigenvalue weighted by Gasteiger charge is -2.20. The van der Waals surface area contributed by atoms with E-state index in [-0.39, 0.29) is 4.88 Å². The summed E-state index contributed by atoms with van der Waals surface area (Å²) in [5, 5.41) is 9.16. The van der Waals surface area contributed by atoms with Crippen LogP contribution in [0.3, 0.4) is 0 Å². The number of fused-ring (bicyclic) bond motifs is 1. The Balaban J connectivity index is 2.19. The maximum Gasteiger partial charge on any atom is 0.348 e. The number of nitrogen functional groups attached to an aromatic ring is 1. The van der Waals surface area contributed by atoms with E-state index in [4.69, 9.17) is 20.3 Å². The van der Waals surface area contributed by atoms with Crippen molar-refractivity contribution in [2.45, 2.75) is 6.92 Å². The number of carboxylic acid groups (broad SMARTS) is 1. The molecule has 2 aromatic rings. The van der Waals surface area contributed by atoms with Crippen LogP contribution in [-0.2, 0) is 0 Å². The Morgan fingerprint density at radius 1 is 1.35 bits per heavy atom. The van der Waals surface area contributed by atoms with Crippen molar-refractivity contribution in [3.8, 4) is 21.9 Å². The second-order valence-corrected chi connectivity index (χ2v) is 5.45. The molecule has 0 unspecified atom stereocenters. The highest BCUT2D eigenvalue weighted by Gasteiger charge is 2.23. The van der Waals surface area contributed by atoms with Gasteiger partial charge in [-0.25, -0.2) is 4.79 Å². The highest BCUT2D eigenvalue weighted by molar-refractivity contribution is 7.18. The number of benzene rings is 1. The first kappa shape index (κ1) is 12.8. The molecule has 2 heterocycles. The van der Waals surface area contributed by atoms with Gasteiger partial charge in [0.25, 0.3) is 0 Å². The number of ether oxygens (including phenoxy) is 2. The average Bonchev–Trinajstić information content (AvgIpc) is 2.75. The van der Waals surface area contributed by atoms with Gasteiger partial charge in [0.15, 0.2) is 11.5 Å². The lowest BCUT2D eigenvalue weighted by atomic mass is 10.1. The monoisotopic (exact) mass is 291 g/mol. The standard InChI is InChI=1S/C14H13NO4S/c1-7-10(15)13(14(16)17)20-12(7)8-3-2-4-9-11(8)19-6-5-18-9/h2-4H,5-6,15H2,1H3,(H,16,17). The first-order chi connectivity index (χ1) is 9.59. The molecule has 1 aliphatic rings. The fourth-order valence-corrected chi connectivity index (χ4v) is 3.28. The largest absolute Gasteiger partial charge is 0.486 e. The molecule has 1 aliphatic heterocycles. The molecule has 3 rings (SSSR count). The minimum Gasteiger partial charge on any atom is -0.486 e. The van der Waals surface area contributed by atoms with Gasteiger partial charge in [-0.05, 0) is 24.6 Å². The zero-order valence-corrected chi connectivity index (χ0v) is 11.6. The normalized spacial score (nSPS) is 13.2. The second-order valence-electron chi connectivity index (χ2n) is 4.43. The smallest absolute Gasteiger partial charge is 0.348 e. The summed E-state index contributed by atoms with van der Waals surface area (Å²) in [6, 6.07) is 5.58. The molecule has 20 heavy (non-hydrogen) atoms. The molecule has 0 amide bonds. The number of carboxylic acids is 1. The number of para-hydroxylation sites is 1. The predicted molar refractivity (Wildman–Crippen MR) is 76.9 cm³/mol. The summed E-state index contributed by atoms with van der Waals surface area (Å²) in [6.45, 7) is 2.81. The lowest BCUT2D eigenvalue weighted by Crippen LogP contribution is -2.15. The van der Waals surface area contributed by atoms with E-state index in [1.54, 1.807) is 0 Å². The van der Waals surface area contributed by atoms with Crippen LogP contribution >= 0.6 is 11.3 Å². The maximum absolute atomic E-state index is 11.2. The molecule has 1 aromatic carbocycles. The number of carbonyl (C=O) groups is 1. The molecule has 3 N–H and O–H groups in total. The van der Waals surface area contributed by atoms with Crippen LogP contribution in [0.1, 0.15) is 15.2 Å². The molecule has 0 fully saturated rings. The molecule has 6 heteroatoms. The molecule has 5 nitrogen and oxygen atoms in total. The zero-order chi connectivity index (χ0) is 14.3. The summed E-state index contributed by atoms with van der Waals surface area (Å²) in [5.41, 5.74) is 7.77. The Morgan fingerprint density at radius 3 is 2.80 bits per heavy atom. The zero-order valence-electron chi connectivity index (χ0n) is 10.8. The van der Waals surface area contributed by atoms with Crippen LogP contribution in [0.25, 0.3) is 10.4 Å². The van der Waals surface area contributed by atoms with Crippen LogP contribution in [0.2, 0.25) is 0 Å². The molecule has 1 aromatic heterocycles. The van der Waals surface area contributed by atoms with Gasteiger partial charge in [-0.15, -0.1) is 11.3 Å². The van der Waals surface area contributed by atoms with Gasteiger partial charge in [0.1, 0.15) is 18.1 Å². The van der Waals surface area contributed by atoms with Gasteiger partial charge in [-0.3, -0.25) is 0 Å². The fourth-order valence-electron chi connectivity index (χ4n) is 2.19. The minimum absolute atomic E-state index is 0.159. The van der Waals surface area contributed by atoms with E-state index < -0.39 is 5.97 Å². The molecule has 0 spiro atoms. The maximum atomic E-state index is 11.2. The molecule has 0 radical (unpaired) electrons. The number of aromatic carboxylic acids is 1. The number of nitrogens with two attached hydrogens (primary N) is 1. The van der Waals surface area contributed by atoms with Gasteiger partial charge in [0, 0.05) is 10.4 Å². The van der Waals surface area contributed by atoms with Crippen molar-refractivity contribution < 1.29 is 19.4 Å². The topological polar surface area (TPSA) is 81.8 Å². The van der Waals surface area contributed by atoms with Gasteiger partial charge in [-0.1, -0.05) is 6.07 Å². The van der Waals surface area contributed by atoms with Crippen LogP contribution in [-0.4, -0.2) is 24.3 Å². The summed E-state index contributed by atoms with van der Waals surface area (Å²) in [7, 11) is 0. The SMILES string of the molecule is Cc1c(-c2cccc3c2OCCO3)sc(C(=O)O)c1N. The summed E-state index contributed by atoms with van der Waals surface area (Å²) < 4.78 is 11.2. The Labute approximate surface area is 119 Å². The third-order valence-corrected chi connectivity index (χ3v) is 4.53. The van der Waals surface area contributed by atoms with Gasteiger partial charge in [0.05, 0.1) is 5.69 Å². The van der Waals surface area contributed by atoms with E-state index in [2.05, 4.69) is 0 Å². The first-order valence-electron chi connectivity index (χ1n) is 6.10. The highest BCUT2D eigenvalue weighted by atomic mass is 32.1. The molecule has 0 saturated heterocycles. The molecule has 0 saturated carbocycles. The van der Waals surface area contributed by atoms with Gasteiger partial charge < -0.3 is 20.3 Å². The highest BCUT2D eigenvalue weighted by Crippen LogP contribution is 2.46. The van der Waals surface area contributed by atoms with E-state index in [1.165, 1.54) is 0 Å². The summed E-state index contributed by atoms with van der Waals surface area (Å²) >= 11 is 1.16. The first-order valence-corrected chi connectivity index (χ1v) is 6.92. The van der Waals surface area contributed by atoms with Crippen molar-refractivity contribution in [2.24, 2.45) is 0 Å². The predicted octanol–water partition coefficient (Wildman–Crippen LogP) is 2.78. The minimum atomic E-state index is -1.01. The Kier molecular flexibility index (Phi) is 3.02. The molecule has 0 bridgehead atoms. The van der Waals surface area contributed by atoms with E-state index in [9.17, 15) is 4.79 Å². The van der Waals surface area contributed by atoms with Crippen molar-refractivity contribution in [2.75, 3.05) is 18.9 Å². The van der Waals surface area contributed by atoms with E-state index in [0.29, 0.717) is 30.4 Å². The molecule has 0 atom stereocenters. The quantitative estimate of drug-likeness (QED) is 0.889. The van der Waals surface area contributed by atoms with Crippen LogP contribution in [0.5, 0.6) is 11.5 Å². The van der Waals surface area contributed by atoms with Crippen LogP contribution in [0.15, 0.2) is 18.2 Å². The number of hydrogen-bond donors (Lipinski definition) is 2. The van der Waals surface area contributed by atoms with Gasteiger partial charge in [0.2, 0.25) is 0 Å². The van der Waals surface area contributed by atoms with Gasteiger partial charge >= 0.3 is 5.97 Å². The third kappa shape index (κ3) is 1.89.